The number of anilines is 1. The van der Waals surface area contributed by atoms with Gasteiger partial charge in [-0.2, -0.15) is 4.37 Å². The molecule has 0 aliphatic carbocycles. The van der Waals surface area contributed by atoms with Crippen molar-refractivity contribution < 1.29 is 0 Å². The van der Waals surface area contributed by atoms with Crippen LogP contribution in [0, 0.1) is 0 Å². The molecule has 0 amide bonds. The minimum absolute atomic E-state index is 0.825. The van der Waals surface area contributed by atoms with Crippen molar-refractivity contribution in [2.24, 2.45) is 0 Å². The predicted octanol–water partition coefficient (Wildman–Crippen LogP) is 2.51. The molecule has 72 valence electrons. The molecule has 1 heterocycles. The topological polar surface area (TPSA) is 38.9 Å². The minimum atomic E-state index is 0.825. The first kappa shape index (κ1) is 9.21. The van der Waals surface area contributed by atoms with Gasteiger partial charge in [-0.15, -0.1) is 0 Å². The van der Waals surface area contributed by atoms with Gasteiger partial charge in [0.05, 0.1) is 11.9 Å². The second kappa shape index (κ2) is 4.24. The summed E-state index contributed by atoms with van der Waals surface area (Å²) < 4.78 is 4.05. The number of benzene rings is 1. The molecule has 2 nitrogen and oxygen atoms in total. The van der Waals surface area contributed by atoms with Gasteiger partial charge in [0, 0.05) is 4.88 Å². The summed E-state index contributed by atoms with van der Waals surface area (Å²) >= 11 is 1.49. The summed E-state index contributed by atoms with van der Waals surface area (Å²) in [5.74, 6) is 0. The van der Waals surface area contributed by atoms with Gasteiger partial charge in [0.2, 0.25) is 0 Å². The highest BCUT2D eigenvalue weighted by Gasteiger charge is 2.01. The molecule has 0 fully saturated rings. The molecule has 0 unspecified atom stereocenters. The third-order valence-electron chi connectivity index (χ3n) is 2.16. The summed E-state index contributed by atoms with van der Waals surface area (Å²) in [7, 11) is 0. The van der Waals surface area contributed by atoms with Crippen molar-refractivity contribution in [3.63, 3.8) is 0 Å². The van der Waals surface area contributed by atoms with Crippen LogP contribution in [0.15, 0.2) is 36.5 Å². The van der Waals surface area contributed by atoms with Crippen LogP contribution in [0.2, 0.25) is 0 Å². The van der Waals surface area contributed by atoms with Crippen LogP contribution >= 0.6 is 11.5 Å². The molecule has 0 spiro atoms. The molecule has 0 aliphatic heterocycles. The molecular formula is C11H12N2S. The van der Waals surface area contributed by atoms with E-state index < -0.39 is 0 Å². The quantitative estimate of drug-likeness (QED) is 0.834. The van der Waals surface area contributed by atoms with Crippen LogP contribution in [0.25, 0.3) is 0 Å². The molecule has 14 heavy (non-hydrogen) atoms. The van der Waals surface area contributed by atoms with Crippen molar-refractivity contribution in [1.29, 1.82) is 0 Å². The molecule has 0 aliphatic rings. The highest BCUT2D eigenvalue weighted by molar-refractivity contribution is 7.06. The lowest BCUT2D eigenvalue weighted by atomic mass is 10.1. The number of hydrogen-bond acceptors (Lipinski definition) is 3. The molecule has 3 heteroatoms. The van der Waals surface area contributed by atoms with Crippen molar-refractivity contribution >= 4 is 17.2 Å². The molecule has 1 aromatic carbocycles. The van der Waals surface area contributed by atoms with Crippen molar-refractivity contribution in [1.82, 2.24) is 4.37 Å². The predicted molar refractivity (Wildman–Crippen MR) is 60.4 cm³/mol. The SMILES string of the molecule is Nc1cnsc1CCc1ccccc1. The Labute approximate surface area is 87.6 Å². The number of aryl methyl sites for hydroxylation is 2. The third-order valence-corrected chi connectivity index (χ3v) is 3.03. The molecule has 1 aromatic heterocycles. The van der Waals surface area contributed by atoms with E-state index in [2.05, 4.69) is 28.6 Å². The largest absolute Gasteiger partial charge is 0.397 e. The fourth-order valence-electron chi connectivity index (χ4n) is 1.36. The van der Waals surface area contributed by atoms with Gasteiger partial charge >= 0.3 is 0 Å². The summed E-state index contributed by atoms with van der Waals surface area (Å²) in [4.78, 5) is 1.19. The van der Waals surface area contributed by atoms with Crippen LogP contribution in [0.3, 0.4) is 0 Å². The second-order valence-electron chi connectivity index (χ2n) is 3.19. The zero-order chi connectivity index (χ0) is 9.80. The molecular weight excluding hydrogens is 192 g/mol. The molecule has 0 bridgehead atoms. The van der Waals surface area contributed by atoms with Gasteiger partial charge in [-0.05, 0) is 29.9 Å². The van der Waals surface area contributed by atoms with E-state index in [0.29, 0.717) is 0 Å². The Kier molecular flexibility index (Phi) is 2.79. The van der Waals surface area contributed by atoms with Crippen LogP contribution in [0.1, 0.15) is 10.4 Å². The summed E-state index contributed by atoms with van der Waals surface area (Å²) in [6, 6.07) is 10.4. The lowest BCUT2D eigenvalue weighted by Gasteiger charge is -1.99. The van der Waals surface area contributed by atoms with Gasteiger partial charge in [0.1, 0.15) is 0 Å². The first-order chi connectivity index (χ1) is 6.86. The number of aromatic nitrogens is 1. The number of nitrogens with two attached hydrogens (primary N) is 1. The summed E-state index contributed by atoms with van der Waals surface area (Å²) in [6.07, 6.45) is 3.75. The average Bonchev–Trinajstić information content (AvgIpc) is 2.63. The van der Waals surface area contributed by atoms with Crippen LogP contribution in [0.5, 0.6) is 0 Å². The van der Waals surface area contributed by atoms with E-state index in [9.17, 15) is 0 Å². The summed E-state index contributed by atoms with van der Waals surface area (Å²) in [5, 5.41) is 0. The summed E-state index contributed by atoms with van der Waals surface area (Å²) in [6.45, 7) is 0. The lowest BCUT2D eigenvalue weighted by molar-refractivity contribution is 0.983. The van der Waals surface area contributed by atoms with E-state index >= 15 is 0 Å². The molecule has 2 N–H and O–H groups in total. The molecule has 0 saturated carbocycles. The Morgan fingerprint density at radius 3 is 2.57 bits per heavy atom. The third kappa shape index (κ3) is 2.12. The van der Waals surface area contributed by atoms with Crippen molar-refractivity contribution in [2.75, 3.05) is 5.73 Å². The number of nitrogen functional groups attached to an aromatic ring is 1. The highest BCUT2D eigenvalue weighted by atomic mass is 32.1. The lowest BCUT2D eigenvalue weighted by Crippen LogP contribution is -1.92. The molecule has 2 aromatic rings. The normalized spacial score (nSPS) is 10.3. The maximum atomic E-state index is 5.75. The second-order valence-corrected chi connectivity index (χ2v) is 4.08. The van der Waals surface area contributed by atoms with E-state index in [1.807, 2.05) is 6.07 Å². The smallest absolute Gasteiger partial charge is 0.0659 e. The maximum Gasteiger partial charge on any atom is 0.0659 e. The average molecular weight is 204 g/mol. The van der Waals surface area contributed by atoms with E-state index in [0.717, 1.165) is 18.5 Å². The zero-order valence-corrected chi connectivity index (χ0v) is 8.63. The first-order valence-corrected chi connectivity index (χ1v) is 5.36. The highest BCUT2D eigenvalue weighted by Crippen LogP contribution is 2.17. The zero-order valence-electron chi connectivity index (χ0n) is 7.81. The Hall–Kier alpha value is -1.35. The van der Waals surface area contributed by atoms with Gasteiger partial charge < -0.3 is 5.73 Å². The van der Waals surface area contributed by atoms with E-state index in [1.54, 1.807) is 6.20 Å². The van der Waals surface area contributed by atoms with E-state index in [1.165, 1.54) is 22.0 Å². The first-order valence-electron chi connectivity index (χ1n) is 4.59. The van der Waals surface area contributed by atoms with Crippen LogP contribution < -0.4 is 5.73 Å². The Bertz CT molecular complexity index is 395. The Morgan fingerprint density at radius 2 is 1.93 bits per heavy atom. The monoisotopic (exact) mass is 204 g/mol. The van der Waals surface area contributed by atoms with E-state index in [4.69, 9.17) is 5.73 Å². The summed E-state index contributed by atoms with van der Waals surface area (Å²) in [5.41, 5.74) is 7.93. The maximum absolute atomic E-state index is 5.75. The van der Waals surface area contributed by atoms with Gasteiger partial charge in [-0.25, -0.2) is 0 Å². The number of nitrogens with zero attached hydrogens (tertiary/aromatic N) is 1. The van der Waals surface area contributed by atoms with Gasteiger partial charge in [0.25, 0.3) is 0 Å². The van der Waals surface area contributed by atoms with Gasteiger partial charge in [-0.1, -0.05) is 30.3 Å². The van der Waals surface area contributed by atoms with Crippen LogP contribution in [0.4, 0.5) is 5.69 Å². The Morgan fingerprint density at radius 1 is 1.14 bits per heavy atom. The fourth-order valence-corrected chi connectivity index (χ4v) is 2.01. The Balaban J connectivity index is 1.99. The van der Waals surface area contributed by atoms with Gasteiger partial charge in [-0.3, -0.25) is 0 Å². The van der Waals surface area contributed by atoms with Crippen molar-refractivity contribution in [3.8, 4) is 0 Å². The van der Waals surface area contributed by atoms with Crippen LogP contribution in [-0.2, 0) is 12.8 Å². The minimum Gasteiger partial charge on any atom is -0.397 e. The van der Waals surface area contributed by atoms with Crippen LogP contribution in [-0.4, -0.2) is 4.37 Å². The van der Waals surface area contributed by atoms with Gasteiger partial charge in [0.15, 0.2) is 0 Å². The molecule has 0 atom stereocenters. The standard InChI is InChI=1S/C11H12N2S/c12-10-8-13-14-11(10)7-6-9-4-2-1-3-5-9/h1-5,8H,6-7,12H2. The number of hydrogen-bond donors (Lipinski definition) is 1. The molecule has 0 radical (unpaired) electrons. The molecule has 2 rings (SSSR count). The number of rotatable bonds is 3. The van der Waals surface area contributed by atoms with Crippen molar-refractivity contribution in [2.45, 2.75) is 12.8 Å². The van der Waals surface area contributed by atoms with Crippen molar-refractivity contribution in [3.05, 3.63) is 47.0 Å². The fraction of sp³-hybridized carbons (Fsp3) is 0.182. The molecule has 0 saturated heterocycles. The van der Waals surface area contributed by atoms with E-state index in [-0.39, 0.29) is 0 Å².